The number of benzene rings is 1. The molecule has 4 nitrogen and oxygen atoms in total. The number of amides is 1. The van der Waals surface area contributed by atoms with Gasteiger partial charge >= 0.3 is 0 Å². The van der Waals surface area contributed by atoms with Crippen molar-refractivity contribution < 1.29 is 9.53 Å². The lowest BCUT2D eigenvalue weighted by molar-refractivity contribution is -0.123. The van der Waals surface area contributed by atoms with E-state index in [0.717, 1.165) is 15.1 Å². The van der Waals surface area contributed by atoms with Gasteiger partial charge in [-0.25, -0.2) is 5.43 Å². The van der Waals surface area contributed by atoms with Gasteiger partial charge in [-0.3, -0.25) is 4.79 Å². The summed E-state index contributed by atoms with van der Waals surface area (Å²) in [6.07, 6.45) is 0. The van der Waals surface area contributed by atoms with E-state index in [0.29, 0.717) is 5.75 Å². The van der Waals surface area contributed by atoms with Gasteiger partial charge in [0.25, 0.3) is 5.91 Å². The van der Waals surface area contributed by atoms with Gasteiger partial charge < -0.3 is 4.74 Å². The first-order chi connectivity index (χ1) is 9.65. The lowest BCUT2D eigenvalue weighted by atomic mass is 10.3. The van der Waals surface area contributed by atoms with Crippen molar-refractivity contribution in [1.82, 2.24) is 5.43 Å². The second kappa shape index (κ2) is 7.21. The molecule has 2 aromatic rings. The first-order valence-corrected chi connectivity index (χ1v) is 7.58. The number of rotatable bonds is 5. The highest BCUT2D eigenvalue weighted by Gasteiger charge is 2.03. The third kappa shape index (κ3) is 4.47. The molecule has 1 N–H and O–H groups in total. The number of carbonyl (C=O) groups excluding carboxylic acids is 1. The van der Waals surface area contributed by atoms with Crippen LogP contribution in [0.1, 0.15) is 11.8 Å². The SMILES string of the molecule is C/C(=N/NC(=O)COc1cccc(Br)c1)c1cccs1. The molecule has 1 heterocycles. The summed E-state index contributed by atoms with van der Waals surface area (Å²) in [7, 11) is 0. The van der Waals surface area contributed by atoms with E-state index in [4.69, 9.17) is 4.74 Å². The average Bonchev–Trinajstić information content (AvgIpc) is 2.97. The Morgan fingerprint density at radius 3 is 2.95 bits per heavy atom. The number of halogens is 1. The Hall–Kier alpha value is -1.66. The van der Waals surface area contributed by atoms with Crippen LogP contribution in [0.15, 0.2) is 51.4 Å². The molecular weight excluding hydrogens is 340 g/mol. The fourth-order valence-corrected chi connectivity index (χ4v) is 2.48. The molecule has 0 aliphatic heterocycles. The van der Waals surface area contributed by atoms with E-state index in [1.807, 2.05) is 36.6 Å². The average molecular weight is 353 g/mol. The first kappa shape index (κ1) is 14.7. The van der Waals surface area contributed by atoms with Crippen molar-refractivity contribution in [2.75, 3.05) is 6.61 Å². The largest absolute Gasteiger partial charge is 0.484 e. The van der Waals surface area contributed by atoms with Crippen LogP contribution >= 0.6 is 27.3 Å². The maximum absolute atomic E-state index is 11.6. The van der Waals surface area contributed by atoms with E-state index >= 15 is 0 Å². The summed E-state index contributed by atoms with van der Waals surface area (Å²) in [6, 6.07) is 11.2. The maximum Gasteiger partial charge on any atom is 0.277 e. The normalized spacial score (nSPS) is 11.2. The summed E-state index contributed by atoms with van der Waals surface area (Å²) in [5, 5.41) is 6.00. The molecule has 0 saturated carbocycles. The molecule has 0 aliphatic rings. The Balaban J connectivity index is 1.83. The number of nitrogens with zero attached hydrogens (tertiary/aromatic N) is 1. The molecule has 1 aromatic heterocycles. The van der Waals surface area contributed by atoms with Gasteiger partial charge in [0.1, 0.15) is 5.75 Å². The summed E-state index contributed by atoms with van der Waals surface area (Å²) < 4.78 is 6.27. The second-order valence-electron chi connectivity index (χ2n) is 3.96. The minimum absolute atomic E-state index is 0.0718. The summed E-state index contributed by atoms with van der Waals surface area (Å²) in [6.45, 7) is 1.78. The Bertz CT molecular complexity index is 611. The van der Waals surface area contributed by atoms with Crippen LogP contribution in [0.5, 0.6) is 5.75 Å². The highest BCUT2D eigenvalue weighted by Crippen LogP contribution is 2.17. The minimum atomic E-state index is -0.291. The third-order valence-corrected chi connectivity index (χ3v) is 3.86. The van der Waals surface area contributed by atoms with Gasteiger partial charge in [-0.15, -0.1) is 11.3 Å². The molecular formula is C14H13BrN2O2S. The van der Waals surface area contributed by atoms with E-state index in [1.54, 1.807) is 23.5 Å². The van der Waals surface area contributed by atoms with Gasteiger partial charge in [0.2, 0.25) is 0 Å². The predicted molar refractivity (Wildman–Crippen MR) is 84.3 cm³/mol. The van der Waals surface area contributed by atoms with E-state index in [-0.39, 0.29) is 12.5 Å². The van der Waals surface area contributed by atoms with E-state index in [9.17, 15) is 4.79 Å². The number of carbonyl (C=O) groups is 1. The quantitative estimate of drug-likeness (QED) is 0.661. The molecule has 6 heteroatoms. The summed E-state index contributed by atoms with van der Waals surface area (Å²) in [5.74, 6) is 0.342. The van der Waals surface area contributed by atoms with Crippen molar-refractivity contribution in [3.05, 3.63) is 51.1 Å². The van der Waals surface area contributed by atoms with Crippen LogP contribution in [0.2, 0.25) is 0 Å². The van der Waals surface area contributed by atoms with Gasteiger partial charge in [-0.05, 0) is 36.6 Å². The van der Waals surface area contributed by atoms with Gasteiger partial charge in [-0.1, -0.05) is 28.1 Å². The van der Waals surface area contributed by atoms with Crippen molar-refractivity contribution >= 4 is 38.9 Å². The molecule has 0 saturated heterocycles. The number of thiophene rings is 1. The lowest BCUT2D eigenvalue weighted by Gasteiger charge is -2.05. The molecule has 1 amide bonds. The predicted octanol–water partition coefficient (Wildman–Crippen LogP) is 3.43. The van der Waals surface area contributed by atoms with Gasteiger partial charge in [-0.2, -0.15) is 5.10 Å². The molecule has 0 atom stereocenters. The lowest BCUT2D eigenvalue weighted by Crippen LogP contribution is -2.25. The molecule has 0 spiro atoms. The van der Waals surface area contributed by atoms with Crippen LogP contribution in [0.4, 0.5) is 0 Å². The minimum Gasteiger partial charge on any atom is -0.484 e. The Kier molecular flexibility index (Phi) is 5.31. The zero-order valence-electron chi connectivity index (χ0n) is 10.8. The topological polar surface area (TPSA) is 50.7 Å². The van der Waals surface area contributed by atoms with Crippen LogP contribution in [0.25, 0.3) is 0 Å². The zero-order valence-corrected chi connectivity index (χ0v) is 13.2. The Morgan fingerprint density at radius 2 is 2.25 bits per heavy atom. The van der Waals surface area contributed by atoms with Crippen molar-refractivity contribution in [3.63, 3.8) is 0 Å². The molecule has 1 aromatic carbocycles. The highest BCUT2D eigenvalue weighted by molar-refractivity contribution is 9.10. The van der Waals surface area contributed by atoms with Gasteiger partial charge in [0.05, 0.1) is 5.71 Å². The maximum atomic E-state index is 11.6. The van der Waals surface area contributed by atoms with E-state index < -0.39 is 0 Å². The van der Waals surface area contributed by atoms with Crippen molar-refractivity contribution in [1.29, 1.82) is 0 Å². The molecule has 0 radical (unpaired) electrons. The highest BCUT2D eigenvalue weighted by atomic mass is 79.9. The van der Waals surface area contributed by atoms with Gasteiger partial charge in [0, 0.05) is 9.35 Å². The fourth-order valence-electron chi connectivity index (χ4n) is 1.42. The molecule has 0 fully saturated rings. The summed E-state index contributed by atoms with van der Waals surface area (Å²) >= 11 is 4.92. The number of ether oxygens (including phenoxy) is 1. The number of hydrazone groups is 1. The Morgan fingerprint density at radius 1 is 1.40 bits per heavy atom. The fraction of sp³-hybridized carbons (Fsp3) is 0.143. The first-order valence-electron chi connectivity index (χ1n) is 5.90. The third-order valence-electron chi connectivity index (χ3n) is 2.39. The summed E-state index contributed by atoms with van der Waals surface area (Å²) in [4.78, 5) is 12.6. The van der Waals surface area contributed by atoms with Crippen LogP contribution in [0, 0.1) is 0 Å². The van der Waals surface area contributed by atoms with Gasteiger partial charge in [0.15, 0.2) is 6.61 Å². The van der Waals surface area contributed by atoms with E-state index in [1.165, 1.54) is 0 Å². The van der Waals surface area contributed by atoms with Crippen molar-refractivity contribution in [3.8, 4) is 5.75 Å². The molecule has 20 heavy (non-hydrogen) atoms. The smallest absolute Gasteiger partial charge is 0.277 e. The number of hydrogen-bond acceptors (Lipinski definition) is 4. The van der Waals surface area contributed by atoms with Crippen molar-refractivity contribution in [2.24, 2.45) is 5.10 Å². The van der Waals surface area contributed by atoms with Crippen LogP contribution < -0.4 is 10.2 Å². The molecule has 0 unspecified atom stereocenters. The summed E-state index contributed by atoms with van der Waals surface area (Å²) in [5.41, 5.74) is 3.25. The molecule has 0 bridgehead atoms. The zero-order chi connectivity index (χ0) is 14.4. The Labute approximate surface area is 129 Å². The number of hydrogen-bond donors (Lipinski definition) is 1. The standard InChI is InChI=1S/C14H13BrN2O2S/c1-10(13-6-3-7-20-13)16-17-14(18)9-19-12-5-2-4-11(15)8-12/h2-8H,9H2,1H3,(H,17,18)/b16-10-. The second-order valence-corrected chi connectivity index (χ2v) is 5.82. The van der Waals surface area contributed by atoms with Crippen LogP contribution in [0.3, 0.4) is 0 Å². The number of nitrogens with one attached hydrogen (secondary N) is 1. The van der Waals surface area contributed by atoms with E-state index in [2.05, 4.69) is 26.5 Å². The van der Waals surface area contributed by atoms with Crippen LogP contribution in [-0.4, -0.2) is 18.2 Å². The monoisotopic (exact) mass is 352 g/mol. The van der Waals surface area contributed by atoms with Crippen molar-refractivity contribution in [2.45, 2.75) is 6.92 Å². The van der Waals surface area contributed by atoms with Crippen LogP contribution in [-0.2, 0) is 4.79 Å². The molecule has 104 valence electrons. The molecule has 2 rings (SSSR count). The molecule has 0 aliphatic carbocycles.